The van der Waals surface area contributed by atoms with Crippen LogP contribution in [0.3, 0.4) is 0 Å². The van der Waals surface area contributed by atoms with Gasteiger partial charge in [-0.15, -0.1) is 0 Å². The number of aliphatic carboxylic acids is 1. The number of carboxylic acids is 1. The molecular formula is C38H41N5O5. The minimum absolute atomic E-state index is 0.0266. The number of pyridine rings is 1. The van der Waals surface area contributed by atoms with Gasteiger partial charge in [-0.1, -0.05) is 57.2 Å². The second kappa shape index (κ2) is 14.9. The summed E-state index contributed by atoms with van der Waals surface area (Å²) in [6.07, 6.45) is 3.49. The van der Waals surface area contributed by atoms with Gasteiger partial charge in [0.25, 0.3) is 17.7 Å². The van der Waals surface area contributed by atoms with E-state index in [1.165, 1.54) is 6.20 Å². The number of rotatable bonds is 9. The van der Waals surface area contributed by atoms with Crippen LogP contribution in [0.1, 0.15) is 81.9 Å². The van der Waals surface area contributed by atoms with Gasteiger partial charge in [0, 0.05) is 55.3 Å². The molecule has 0 spiro atoms. The fourth-order valence-electron chi connectivity index (χ4n) is 5.74. The first-order valence-electron chi connectivity index (χ1n) is 16.1. The first-order valence-corrected chi connectivity index (χ1v) is 16.1. The van der Waals surface area contributed by atoms with Gasteiger partial charge in [-0.25, -0.2) is 0 Å². The Morgan fingerprint density at radius 2 is 1.54 bits per heavy atom. The van der Waals surface area contributed by atoms with Crippen LogP contribution in [0.15, 0.2) is 97.3 Å². The average Bonchev–Trinajstić information content (AvgIpc) is 3.34. The minimum atomic E-state index is -1.06. The third kappa shape index (κ3) is 8.44. The molecule has 1 unspecified atom stereocenters. The van der Waals surface area contributed by atoms with Gasteiger partial charge in [-0.3, -0.25) is 24.2 Å². The van der Waals surface area contributed by atoms with Crippen molar-refractivity contribution in [3.05, 3.63) is 125 Å². The lowest BCUT2D eigenvalue weighted by atomic mass is 9.86. The van der Waals surface area contributed by atoms with Crippen molar-refractivity contribution in [1.29, 1.82) is 0 Å². The number of nitrogens with one attached hydrogen (secondary N) is 2. The standard InChI is InChI=1S/C38H41N5O5/c1-38(2,3)30-15-12-26(13-16-30)35(46)41-32-23-28(36(47)40-31(24-34(44)45)29-11-7-18-39-25-29)14-17-33(32)42-19-8-20-43(22-21-42)37(48)27-9-5-4-6-10-27/h4-7,9-18,23,25,31H,8,19-22,24H2,1-3H3,(H,40,47)(H,41,46)(H,44,45). The zero-order chi connectivity index (χ0) is 34.3. The van der Waals surface area contributed by atoms with Crippen molar-refractivity contribution in [2.24, 2.45) is 0 Å². The maximum atomic E-state index is 13.6. The molecule has 0 aliphatic carbocycles. The van der Waals surface area contributed by atoms with E-state index in [9.17, 15) is 24.3 Å². The van der Waals surface area contributed by atoms with Crippen molar-refractivity contribution in [2.75, 3.05) is 36.4 Å². The molecule has 0 saturated carbocycles. The SMILES string of the molecule is CC(C)(C)c1ccc(C(=O)Nc2cc(C(=O)NC(CC(=O)O)c3cccnc3)ccc2N2CCCN(C(=O)c3ccccc3)CC2)cc1. The summed E-state index contributed by atoms with van der Waals surface area (Å²) in [6.45, 7) is 8.55. The summed E-state index contributed by atoms with van der Waals surface area (Å²) >= 11 is 0. The highest BCUT2D eigenvalue weighted by Gasteiger charge is 2.25. The van der Waals surface area contributed by atoms with E-state index in [4.69, 9.17) is 0 Å². The van der Waals surface area contributed by atoms with E-state index in [1.807, 2.05) is 47.4 Å². The third-order valence-corrected chi connectivity index (χ3v) is 8.44. The second-order valence-corrected chi connectivity index (χ2v) is 12.9. The molecule has 1 aliphatic heterocycles. The number of carbonyl (C=O) groups is 4. The molecule has 0 radical (unpaired) electrons. The van der Waals surface area contributed by atoms with Crippen LogP contribution < -0.4 is 15.5 Å². The first kappa shape index (κ1) is 33.8. The van der Waals surface area contributed by atoms with Crippen LogP contribution in [0.25, 0.3) is 0 Å². The summed E-state index contributed by atoms with van der Waals surface area (Å²) in [6, 6.07) is 24.3. The molecule has 5 rings (SSSR count). The van der Waals surface area contributed by atoms with E-state index in [0.717, 1.165) is 11.3 Å². The molecule has 0 bridgehead atoms. The van der Waals surface area contributed by atoms with Gasteiger partial charge in [0.2, 0.25) is 0 Å². The van der Waals surface area contributed by atoms with Gasteiger partial charge in [0.15, 0.2) is 0 Å². The van der Waals surface area contributed by atoms with Gasteiger partial charge in [-0.05, 0) is 71.5 Å². The number of hydrogen-bond acceptors (Lipinski definition) is 6. The zero-order valence-corrected chi connectivity index (χ0v) is 27.5. The molecule has 1 saturated heterocycles. The summed E-state index contributed by atoms with van der Waals surface area (Å²) < 4.78 is 0. The Labute approximate surface area is 280 Å². The maximum absolute atomic E-state index is 13.6. The van der Waals surface area contributed by atoms with Crippen LogP contribution >= 0.6 is 0 Å². The number of benzene rings is 3. The van der Waals surface area contributed by atoms with Crippen molar-refractivity contribution in [3.8, 4) is 0 Å². The largest absolute Gasteiger partial charge is 0.481 e. The fraction of sp³-hybridized carbons (Fsp3) is 0.289. The number of amides is 3. The number of nitrogens with zero attached hydrogens (tertiary/aromatic N) is 3. The Hall–Kier alpha value is -5.51. The molecule has 3 aromatic carbocycles. The Morgan fingerprint density at radius 1 is 0.812 bits per heavy atom. The molecule has 1 atom stereocenters. The number of carbonyl (C=O) groups excluding carboxylic acids is 3. The highest BCUT2D eigenvalue weighted by molar-refractivity contribution is 6.07. The predicted octanol–water partition coefficient (Wildman–Crippen LogP) is 5.93. The number of anilines is 2. The molecular weight excluding hydrogens is 606 g/mol. The Kier molecular flexibility index (Phi) is 10.5. The van der Waals surface area contributed by atoms with Gasteiger partial charge in [0.05, 0.1) is 23.8 Å². The van der Waals surface area contributed by atoms with Crippen molar-refractivity contribution >= 4 is 35.1 Å². The smallest absolute Gasteiger partial charge is 0.305 e. The summed E-state index contributed by atoms with van der Waals surface area (Å²) in [5.74, 6) is -1.91. The predicted molar refractivity (Wildman–Crippen MR) is 185 cm³/mol. The highest BCUT2D eigenvalue weighted by atomic mass is 16.4. The molecule has 1 fully saturated rings. The van der Waals surface area contributed by atoms with Crippen LogP contribution in [-0.4, -0.2) is 64.9 Å². The second-order valence-electron chi connectivity index (χ2n) is 12.9. The van der Waals surface area contributed by atoms with E-state index < -0.39 is 17.9 Å². The maximum Gasteiger partial charge on any atom is 0.305 e. The summed E-state index contributed by atoms with van der Waals surface area (Å²) in [7, 11) is 0. The Morgan fingerprint density at radius 3 is 2.21 bits per heavy atom. The lowest BCUT2D eigenvalue weighted by Gasteiger charge is -2.27. The first-order chi connectivity index (χ1) is 23.0. The Balaban J connectivity index is 1.42. The third-order valence-electron chi connectivity index (χ3n) is 8.44. The normalized spacial score (nSPS) is 14.1. The van der Waals surface area contributed by atoms with E-state index in [-0.39, 0.29) is 29.2 Å². The van der Waals surface area contributed by atoms with Crippen molar-refractivity contribution in [1.82, 2.24) is 15.2 Å². The lowest BCUT2D eigenvalue weighted by molar-refractivity contribution is -0.137. The van der Waals surface area contributed by atoms with Crippen molar-refractivity contribution in [3.63, 3.8) is 0 Å². The summed E-state index contributed by atoms with van der Waals surface area (Å²) in [5.41, 5.74) is 4.11. The van der Waals surface area contributed by atoms with E-state index >= 15 is 0 Å². The Bertz CT molecular complexity index is 1750. The molecule has 2 heterocycles. The zero-order valence-electron chi connectivity index (χ0n) is 27.5. The van der Waals surface area contributed by atoms with Crippen LogP contribution in [0, 0.1) is 0 Å². The van der Waals surface area contributed by atoms with E-state index in [1.54, 1.807) is 48.7 Å². The van der Waals surface area contributed by atoms with Crippen LogP contribution in [0.4, 0.5) is 11.4 Å². The topological polar surface area (TPSA) is 132 Å². The highest BCUT2D eigenvalue weighted by Crippen LogP contribution is 2.30. The van der Waals surface area contributed by atoms with Gasteiger partial charge < -0.3 is 25.5 Å². The summed E-state index contributed by atoms with van der Waals surface area (Å²) in [5, 5.41) is 15.4. The van der Waals surface area contributed by atoms with E-state index in [0.29, 0.717) is 55.0 Å². The molecule has 3 N–H and O–H groups in total. The van der Waals surface area contributed by atoms with Crippen LogP contribution in [0.5, 0.6) is 0 Å². The molecule has 10 heteroatoms. The lowest BCUT2D eigenvalue weighted by Crippen LogP contribution is -2.35. The van der Waals surface area contributed by atoms with Gasteiger partial charge >= 0.3 is 5.97 Å². The minimum Gasteiger partial charge on any atom is -0.481 e. The van der Waals surface area contributed by atoms with Gasteiger partial charge in [-0.2, -0.15) is 0 Å². The molecule has 1 aliphatic rings. The molecule has 248 valence electrons. The number of carboxylic acid groups (broad SMARTS) is 1. The van der Waals surface area contributed by atoms with Crippen molar-refractivity contribution in [2.45, 2.75) is 45.1 Å². The van der Waals surface area contributed by atoms with Gasteiger partial charge in [0.1, 0.15) is 0 Å². The molecule has 1 aromatic heterocycles. The van der Waals surface area contributed by atoms with Crippen LogP contribution in [-0.2, 0) is 10.2 Å². The summed E-state index contributed by atoms with van der Waals surface area (Å²) in [4.78, 5) is 60.0. The number of aromatic nitrogens is 1. The molecule has 3 amide bonds. The molecule has 48 heavy (non-hydrogen) atoms. The molecule has 4 aromatic rings. The average molecular weight is 648 g/mol. The van der Waals surface area contributed by atoms with E-state index in [2.05, 4.69) is 41.3 Å². The monoisotopic (exact) mass is 647 g/mol. The number of hydrogen-bond donors (Lipinski definition) is 3. The van der Waals surface area contributed by atoms with Crippen molar-refractivity contribution < 1.29 is 24.3 Å². The quantitative estimate of drug-likeness (QED) is 0.205. The molecule has 10 nitrogen and oxygen atoms in total. The van der Waals surface area contributed by atoms with Crippen LogP contribution in [0.2, 0.25) is 0 Å². The fourth-order valence-corrected chi connectivity index (χ4v) is 5.74.